The van der Waals surface area contributed by atoms with Crippen molar-refractivity contribution < 1.29 is 0 Å². The summed E-state index contributed by atoms with van der Waals surface area (Å²) in [5.41, 5.74) is 0. The zero-order valence-electron chi connectivity index (χ0n) is 9.52. The van der Waals surface area contributed by atoms with Crippen LogP contribution in [0.4, 0.5) is 0 Å². The van der Waals surface area contributed by atoms with Crippen LogP contribution in [-0.2, 0) is 0 Å². The van der Waals surface area contributed by atoms with Gasteiger partial charge in [0.25, 0.3) is 0 Å². The first kappa shape index (κ1) is 15.5. The van der Waals surface area contributed by atoms with E-state index in [2.05, 4.69) is 12.2 Å². The Kier molecular flexibility index (Phi) is 8.89. The molecule has 9 heteroatoms. The molecule has 1 nitrogen and oxygen atoms in total. The molecular formula is C6H13B8N. The van der Waals surface area contributed by atoms with Gasteiger partial charge in [-0.3, -0.25) is 0 Å². The monoisotopic (exact) mass is 187 g/mol. The van der Waals surface area contributed by atoms with E-state index in [1.807, 2.05) is 0 Å². The van der Waals surface area contributed by atoms with E-state index in [0.717, 1.165) is 5.92 Å². The molecule has 0 saturated carbocycles. The highest BCUT2D eigenvalue weighted by Gasteiger charge is 2.14. The van der Waals surface area contributed by atoms with Crippen molar-refractivity contribution >= 4 is 57.8 Å². The minimum absolute atomic E-state index is 0.519. The average molecular weight is 186 g/mol. The molecule has 1 rings (SSSR count). The molecule has 10 radical (unpaired) electrons. The maximum Gasteiger partial charge on any atom is 0 e. The van der Waals surface area contributed by atoms with Crippen molar-refractivity contribution in [2.45, 2.75) is 19.8 Å². The molecule has 1 aliphatic heterocycles. The van der Waals surface area contributed by atoms with Crippen molar-refractivity contribution in [1.82, 2.24) is 5.32 Å². The molecule has 0 aromatic rings. The minimum Gasteiger partial charge on any atom is -0.316 e. The van der Waals surface area contributed by atoms with E-state index >= 15 is 0 Å². The zero-order valence-corrected chi connectivity index (χ0v) is 9.52. The molecular weight excluding hydrogens is 173 g/mol. The molecule has 0 aromatic carbocycles. The molecule has 0 spiro atoms. The lowest BCUT2D eigenvalue weighted by Gasteiger charge is -2.17. The van der Waals surface area contributed by atoms with Crippen molar-refractivity contribution in [2.75, 3.05) is 13.1 Å². The average Bonchev–Trinajstić information content (AvgIpc) is 2.18. The second-order valence-electron chi connectivity index (χ2n) is 4.18. The Morgan fingerprint density at radius 3 is 1.73 bits per heavy atom. The molecule has 66 valence electrons. The Morgan fingerprint density at radius 2 is 1.60 bits per heavy atom. The molecule has 1 N–H and O–H groups in total. The predicted octanol–water partition coefficient (Wildman–Crippen LogP) is -2.04. The van der Waals surface area contributed by atoms with Crippen molar-refractivity contribution in [3.8, 4) is 0 Å². The number of piperidine rings is 1. The number of rotatable bonds is 2. The molecule has 0 aliphatic carbocycles. The van der Waals surface area contributed by atoms with E-state index in [0.29, 0.717) is 0 Å². The van der Waals surface area contributed by atoms with Gasteiger partial charge in [0, 0.05) is 57.8 Å². The molecule has 1 saturated heterocycles. The SMILES string of the molecule is CC1CCCNC1.[B]B([B])B([B])B([B])[B]. The van der Waals surface area contributed by atoms with E-state index in [1.54, 1.807) is 0 Å². The van der Waals surface area contributed by atoms with Crippen LogP contribution in [0.3, 0.4) is 0 Å². The molecule has 1 fully saturated rings. The van der Waals surface area contributed by atoms with E-state index in [9.17, 15) is 0 Å². The topological polar surface area (TPSA) is 12.0 Å². The van der Waals surface area contributed by atoms with Crippen molar-refractivity contribution in [1.29, 1.82) is 0 Å². The Hall–Kier alpha value is 0.479. The summed E-state index contributed by atoms with van der Waals surface area (Å²) >= 11 is 0. The summed E-state index contributed by atoms with van der Waals surface area (Å²) in [4.78, 5) is 0. The van der Waals surface area contributed by atoms with Crippen LogP contribution < -0.4 is 5.32 Å². The Morgan fingerprint density at radius 1 is 1.07 bits per heavy atom. The third-order valence-electron chi connectivity index (χ3n) is 2.43. The predicted molar refractivity (Wildman–Crippen MR) is 77.3 cm³/mol. The maximum absolute atomic E-state index is 5.26. The lowest BCUT2D eigenvalue weighted by molar-refractivity contribution is 0.405. The Labute approximate surface area is 102 Å². The van der Waals surface area contributed by atoms with E-state index in [4.69, 9.17) is 38.7 Å². The molecule has 1 atom stereocenters. The Balaban J connectivity index is 0.000000262. The highest BCUT2D eigenvalue weighted by Crippen LogP contribution is 2.06. The molecule has 0 aromatic heterocycles. The summed E-state index contributed by atoms with van der Waals surface area (Å²) in [7, 11) is 25.8. The van der Waals surface area contributed by atoms with Crippen LogP contribution in [0, 0.1) is 5.92 Å². The lowest BCUT2D eigenvalue weighted by atomic mass is 8.68. The number of hydrogen-bond donors (Lipinski definition) is 1. The van der Waals surface area contributed by atoms with Crippen molar-refractivity contribution in [3.63, 3.8) is 0 Å². The van der Waals surface area contributed by atoms with E-state index in [1.165, 1.54) is 25.9 Å². The second-order valence-corrected chi connectivity index (χ2v) is 4.18. The van der Waals surface area contributed by atoms with Gasteiger partial charge in [-0.2, -0.15) is 0 Å². The quantitative estimate of drug-likeness (QED) is 0.489. The third kappa shape index (κ3) is 8.30. The van der Waals surface area contributed by atoms with E-state index in [-0.39, 0.29) is 0 Å². The molecule has 0 amide bonds. The van der Waals surface area contributed by atoms with Gasteiger partial charge in [-0.15, -0.1) is 0 Å². The number of hydrogen-bond acceptors (Lipinski definition) is 1. The summed E-state index contributed by atoms with van der Waals surface area (Å²) in [6.07, 6.45) is 1.02. The largest absolute Gasteiger partial charge is 0.316 e. The van der Waals surface area contributed by atoms with Gasteiger partial charge in [0.05, 0.1) is 0 Å². The van der Waals surface area contributed by atoms with Crippen LogP contribution in [0.2, 0.25) is 0 Å². The van der Waals surface area contributed by atoms with Crippen molar-refractivity contribution in [2.24, 2.45) is 5.92 Å². The molecule has 0 bridgehead atoms. The summed E-state index contributed by atoms with van der Waals surface area (Å²) in [6, 6.07) is 0. The van der Waals surface area contributed by atoms with Crippen LogP contribution in [0.5, 0.6) is 0 Å². The van der Waals surface area contributed by atoms with Crippen LogP contribution in [0.1, 0.15) is 19.8 Å². The first-order valence-electron chi connectivity index (χ1n) is 5.43. The fourth-order valence-electron chi connectivity index (χ4n) is 1.28. The van der Waals surface area contributed by atoms with Gasteiger partial charge in [0.1, 0.15) is 0 Å². The molecule has 1 unspecified atom stereocenters. The molecule has 15 heavy (non-hydrogen) atoms. The maximum atomic E-state index is 5.26. The summed E-state index contributed by atoms with van der Waals surface area (Å²) in [6.45, 7) is 4.77. The first-order valence-corrected chi connectivity index (χ1v) is 5.43. The fraction of sp³-hybridized carbons (Fsp3) is 1.00. The summed E-state index contributed by atoms with van der Waals surface area (Å²) in [5.74, 6) is 0.925. The second kappa shape index (κ2) is 8.61. The zero-order chi connectivity index (χ0) is 11.8. The first-order chi connectivity index (χ1) is 6.95. The third-order valence-corrected chi connectivity index (χ3v) is 2.43. The highest BCUT2D eigenvalue weighted by molar-refractivity contribution is 7.89. The highest BCUT2D eigenvalue weighted by atomic mass is 14.9. The van der Waals surface area contributed by atoms with Crippen molar-refractivity contribution in [3.05, 3.63) is 0 Å². The van der Waals surface area contributed by atoms with Crippen LogP contribution in [-0.4, -0.2) is 70.9 Å². The van der Waals surface area contributed by atoms with Gasteiger partial charge in [0.15, 0.2) is 0 Å². The minimum atomic E-state index is -0.630. The standard InChI is InChI=1S/C6H13N.B8/c1-6-3-2-4-7-5-6;1-6(2)8(5)7(3)4/h6-7H,2-5H2,1H3;. The molecule has 1 heterocycles. The van der Waals surface area contributed by atoms with Gasteiger partial charge >= 0.3 is 0 Å². The molecule has 1 aliphatic rings. The fourth-order valence-corrected chi connectivity index (χ4v) is 1.28. The van der Waals surface area contributed by atoms with Gasteiger partial charge < -0.3 is 5.32 Å². The lowest BCUT2D eigenvalue weighted by Crippen LogP contribution is -2.52. The van der Waals surface area contributed by atoms with E-state index < -0.39 is 19.2 Å². The smallest absolute Gasteiger partial charge is 0 e. The number of nitrogens with one attached hydrogen (secondary N) is 1. The normalized spacial score (nSPS) is 19.7. The van der Waals surface area contributed by atoms with Gasteiger partial charge in [0.2, 0.25) is 0 Å². The van der Waals surface area contributed by atoms with Crippen LogP contribution in [0.15, 0.2) is 0 Å². The van der Waals surface area contributed by atoms with Gasteiger partial charge in [-0.25, -0.2) is 0 Å². The van der Waals surface area contributed by atoms with Gasteiger partial charge in [-0.05, 0) is 31.8 Å². The summed E-state index contributed by atoms with van der Waals surface area (Å²) < 4.78 is 0. The summed E-state index contributed by atoms with van der Waals surface area (Å²) in [5, 5.41) is 3.33. The Bertz CT molecular complexity index is 140. The van der Waals surface area contributed by atoms with Gasteiger partial charge in [-0.1, -0.05) is 6.92 Å². The van der Waals surface area contributed by atoms with Crippen LogP contribution in [0.25, 0.3) is 0 Å². The van der Waals surface area contributed by atoms with Crippen LogP contribution >= 0.6 is 0 Å².